The van der Waals surface area contributed by atoms with Crippen LogP contribution in [0.4, 0.5) is 10.8 Å². The molecule has 2 aromatic heterocycles. The van der Waals surface area contributed by atoms with Crippen LogP contribution in [0.25, 0.3) is 11.1 Å². The summed E-state index contributed by atoms with van der Waals surface area (Å²) < 4.78 is 27.7. The lowest BCUT2D eigenvalue weighted by Gasteiger charge is -2.21. The average molecular weight is 324 g/mol. The lowest BCUT2D eigenvalue weighted by atomic mass is 10.1. The molecule has 6 nitrogen and oxygen atoms in total. The number of anilines is 2. The number of nitrogen functional groups attached to an aromatic ring is 1. The van der Waals surface area contributed by atoms with E-state index in [9.17, 15) is 8.42 Å². The highest BCUT2D eigenvalue weighted by molar-refractivity contribution is 7.91. The maximum absolute atomic E-state index is 11.7. The van der Waals surface area contributed by atoms with Crippen LogP contribution in [0.3, 0.4) is 0 Å². The number of pyridine rings is 1. The van der Waals surface area contributed by atoms with Gasteiger partial charge in [-0.15, -0.1) is 0 Å². The van der Waals surface area contributed by atoms with Gasteiger partial charge in [-0.25, -0.2) is 8.42 Å². The molecule has 3 heterocycles. The van der Waals surface area contributed by atoms with Crippen LogP contribution >= 0.6 is 11.5 Å². The van der Waals surface area contributed by atoms with Crippen molar-refractivity contribution < 1.29 is 8.42 Å². The fraction of sp³-hybridized carbons (Fsp3) is 0.385. The third-order valence-corrected chi connectivity index (χ3v) is 6.15. The highest BCUT2D eigenvalue weighted by Gasteiger charge is 2.24. The molecule has 1 saturated heterocycles. The Kier molecular flexibility index (Phi) is 3.81. The number of rotatable bonds is 2. The van der Waals surface area contributed by atoms with Crippen molar-refractivity contribution in [1.29, 1.82) is 0 Å². The molecule has 0 bridgehead atoms. The molecule has 2 aromatic rings. The van der Waals surface area contributed by atoms with Crippen molar-refractivity contribution in [1.82, 2.24) is 9.36 Å². The van der Waals surface area contributed by atoms with Crippen LogP contribution in [-0.2, 0) is 9.84 Å². The zero-order valence-electron chi connectivity index (χ0n) is 11.4. The Labute approximate surface area is 127 Å². The minimum absolute atomic E-state index is 0.181. The zero-order chi connectivity index (χ0) is 14.9. The summed E-state index contributed by atoms with van der Waals surface area (Å²) in [7, 11) is -2.93. The summed E-state index contributed by atoms with van der Waals surface area (Å²) in [5.74, 6) is 0.913. The molecule has 0 saturated carbocycles. The van der Waals surface area contributed by atoms with Gasteiger partial charge in [0.05, 0.1) is 17.1 Å². The van der Waals surface area contributed by atoms with Crippen LogP contribution in [0.2, 0.25) is 0 Å². The Morgan fingerprint density at radius 2 is 1.95 bits per heavy atom. The van der Waals surface area contributed by atoms with Crippen LogP contribution in [0.15, 0.2) is 24.5 Å². The van der Waals surface area contributed by atoms with Crippen molar-refractivity contribution in [3.05, 3.63) is 24.5 Å². The van der Waals surface area contributed by atoms with Crippen molar-refractivity contribution in [2.45, 2.75) is 6.42 Å². The molecule has 0 radical (unpaired) electrons. The van der Waals surface area contributed by atoms with Crippen LogP contribution in [0.1, 0.15) is 6.42 Å². The molecule has 1 aliphatic rings. The molecule has 0 atom stereocenters. The predicted molar refractivity (Wildman–Crippen MR) is 85.2 cm³/mol. The van der Waals surface area contributed by atoms with Gasteiger partial charge < -0.3 is 10.6 Å². The van der Waals surface area contributed by atoms with Gasteiger partial charge in [-0.1, -0.05) is 0 Å². The van der Waals surface area contributed by atoms with E-state index in [0.29, 0.717) is 25.3 Å². The summed E-state index contributed by atoms with van der Waals surface area (Å²) in [6.45, 7) is 1.20. The van der Waals surface area contributed by atoms with Crippen molar-refractivity contribution in [3.63, 3.8) is 0 Å². The fourth-order valence-electron chi connectivity index (χ4n) is 2.44. The molecular formula is C13H16N4O2S2. The molecule has 0 unspecified atom stereocenters. The summed E-state index contributed by atoms with van der Waals surface area (Å²) in [6.07, 6.45) is 4.06. The number of nitrogens with zero attached hydrogens (tertiary/aromatic N) is 3. The second-order valence-corrected chi connectivity index (χ2v) is 8.03. The Bertz CT molecular complexity index is 728. The fourth-order valence-corrected chi connectivity index (χ4v) is 4.60. The maximum Gasteiger partial charge on any atom is 0.152 e. The van der Waals surface area contributed by atoms with Gasteiger partial charge in [0.1, 0.15) is 10.8 Å². The topological polar surface area (TPSA) is 89.2 Å². The SMILES string of the molecule is Nc1nsc(N2CCCS(=O)(=O)CC2)c1-c1ccncc1. The average Bonchev–Trinajstić information content (AvgIpc) is 2.75. The Hall–Kier alpha value is -1.67. The standard InChI is InChI=1S/C13H16N4O2S2/c14-12-11(10-2-4-15-5-3-10)13(20-16-12)17-6-1-8-21(18,19)9-7-17/h2-5H,1,6-9H2,(H2,14,16). The molecule has 1 aliphatic heterocycles. The minimum Gasteiger partial charge on any atom is -0.382 e. The first-order valence-electron chi connectivity index (χ1n) is 6.68. The molecule has 1 fully saturated rings. The second kappa shape index (κ2) is 5.61. The van der Waals surface area contributed by atoms with E-state index >= 15 is 0 Å². The zero-order valence-corrected chi connectivity index (χ0v) is 13.0. The van der Waals surface area contributed by atoms with Gasteiger partial charge in [-0.3, -0.25) is 4.98 Å². The van der Waals surface area contributed by atoms with E-state index in [1.165, 1.54) is 11.5 Å². The number of hydrogen-bond donors (Lipinski definition) is 1. The molecule has 3 rings (SSSR count). The Morgan fingerprint density at radius 3 is 2.71 bits per heavy atom. The highest BCUT2D eigenvalue weighted by atomic mass is 32.2. The van der Waals surface area contributed by atoms with E-state index in [-0.39, 0.29) is 11.5 Å². The number of nitrogens with two attached hydrogens (primary N) is 1. The first kappa shape index (κ1) is 14.3. The third-order valence-electron chi connectivity index (χ3n) is 3.51. The van der Waals surface area contributed by atoms with E-state index in [1.54, 1.807) is 12.4 Å². The molecule has 0 spiro atoms. The molecule has 2 N–H and O–H groups in total. The Balaban J connectivity index is 1.97. The summed E-state index contributed by atoms with van der Waals surface area (Å²) >= 11 is 1.32. The largest absolute Gasteiger partial charge is 0.382 e. The van der Waals surface area contributed by atoms with Crippen molar-refractivity contribution in [2.75, 3.05) is 35.2 Å². The van der Waals surface area contributed by atoms with E-state index in [0.717, 1.165) is 16.1 Å². The number of aromatic nitrogens is 2. The second-order valence-electron chi connectivity index (χ2n) is 4.98. The van der Waals surface area contributed by atoms with Gasteiger partial charge in [-0.05, 0) is 35.6 Å². The molecule has 0 amide bonds. The summed E-state index contributed by atoms with van der Waals surface area (Å²) in [5, 5.41) is 0.941. The maximum atomic E-state index is 11.7. The van der Waals surface area contributed by atoms with Gasteiger partial charge in [0.2, 0.25) is 0 Å². The van der Waals surface area contributed by atoms with Crippen LogP contribution in [0.5, 0.6) is 0 Å². The molecular weight excluding hydrogens is 308 g/mol. The van der Waals surface area contributed by atoms with Gasteiger partial charge in [0.25, 0.3) is 0 Å². The van der Waals surface area contributed by atoms with Gasteiger partial charge >= 0.3 is 0 Å². The normalized spacial score (nSPS) is 18.4. The minimum atomic E-state index is -2.93. The van der Waals surface area contributed by atoms with E-state index < -0.39 is 9.84 Å². The molecule has 21 heavy (non-hydrogen) atoms. The van der Waals surface area contributed by atoms with E-state index in [4.69, 9.17) is 5.73 Å². The Morgan fingerprint density at radius 1 is 1.19 bits per heavy atom. The van der Waals surface area contributed by atoms with Gasteiger partial charge in [-0.2, -0.15) is 4.37 Å². The summed E-state index contributed by atoms with van der Waals surface area (Å²) in [6, 6.07) is 3.77. The van der Waals surface area contributed by atoms with Crippen LogP contribution in [-0.4, -0.2) is 42.4 Å². The molecule has 0 aliphatic carbocycles. The quantitative estimate of drug-likeness (QED) is 0.898. The van der Waals surface area contributed by atoms with E-state index in [1.807, 2.05) is 12.1 Å². The lowest BCUT2D eigenvalue weighted by Crippen LogP contribution is -2.26. The first-order chi connectivity index (χ1) is 10.1. The van der Waals surface area contributed by atoms with Crippen LogP contribution in [0, 0.1) is 0 Å². The van der Waals surface area contributed by atoms with E-state index in [2.05, 4.69) is 14.3 Å². The predicted octanol–water partition coefficient (Wildman–Crippen LogP) is 1.41. The number of hydrogen-bond acceptors (Lipinski definition) is 7. The lowest BCUT2D eigenvalue weighted by molar-refractivity contribution is 0.597. The third kappa shape index (κ3) is 3.01. The summed E-state index contributed by atoms with van der Waals surface area (Å²) in [5.41, 5.74) is 7.84. The van der Waals surface area contributed by atoms with Crippen molar-refractivity contribution >= 4 is 32.2 Å². The van der Waals surface area contributed by atoms with Crippen LogP contribution < -0.4 is 10.6 Å². The number of sulfone groups is 1. The molecule has 0 aromatic carbocycles. The van der Waals surface area contributed by atoms with Crippen molar-refractivity contribution in [2.24, 2.45) is 0 Å². The smallest absolute Gasteiger partial charge is 0.152 e. The highest BCUT2D eigenvalue weighted by Crippen LogP contribution is 2.39. The molecule has 112 valence electrons. The van der Waals surface area contributed by atoms with Crippen molar-refractivity contribution in [3.8, 4) is 11.1 Å². The van der Waals surface area contributed by atoms with Gasteiger partial charge in [0, 0.05) is 25.5 Å². The molecule has 8 heteroatoms. The first-order valence-corrected chi connectivity index (χ1v) is 9.27. The van der Waals surface area contributed by atoms with Gasteiger partial charge in [0.15, 0.2) is 9.84 Å². The monoisotopic (exact) mass is 324 g/mol. The summed E-state index contributed by atoms with van der Waals surface area (Å²) in [4.78, 5) is 6.09.